The summed E-state index contributed by atoms with van der Waals surface area (Å²) in [5.74, 6) is 0. The van der Waals surface area contributed by atoms with E-state index in [1.54, 1.807) is 45.3 Å². The smallest absolute Gasteiger partial charge is 0.265 e. The summed E-state index contributed by atoms with van der Waals surface area (Å²) in [6, 6.07) is 5.68. The molecule has 0 aliphatic carbocycles. The molecule has 0 fully saturated rings. The normalized spacial score (nSPS) is 13.0. The molecule has 0 saturated carbocycles. The Morgan fingerprint density at radius 1 is 1.17 bits per heavy atom. The maximum Gasteiger partial charge on any atom is 0.270 e. The van der Waals surface area contributed by atoms with Gasteiger partial charge in [-0.3, -0.25) is 15.1 Å². The zero-order valence-electron chi connectivity index (χ0n) is 13.9. The van der Waals surface area contributed by atoms with Crippen LogP contribution in [0.15, 0.2) is 41.6 Å². The van der Waals surface area contributed by atoms with E-state index in [1.165, 1.54) is 23.5 Å². The molecule has 1 aromatic heterocycles. The van der Waals surface area contributed by atoms with E-state index in [9.17, 15) is 18.5 Å². The lowest BCUT2D eigenvalue weighted by molar-refractivity contribution is -0.385. The third kappa shape index (κ3) is 3.29. The summed E-state index contributed by atoms with van der Waals surface area (Å²) < 4.78 is 27.3. The quantitative estimate of drug-likeness (QED) is 0.611. The molecule has 1 aromatic carbocycles. The maximum absolute atomic E-state index is 13.0. The van der Waals surface area contributed by atoms with Crippen LogP contribution in [0.1, 0.15) is 29.7 Å². The predicted molar refractivity (Wildman–Crippen MR) is 90.2 cm³/mol. The number of non-ortho nitro benzene ring substituents is 1. The number of sulfonamides is 1. The molecule has 1 atom stereocenters. The van der Waals surface area contributed by atoms with Gasteiger partial charge < -0.3 is 0 Å². The van der Waals surface area contributed by atoms with E-state index in [1.807, 2.05) is 0 Å². The molecule has 128 valence electrons. The van der Waals surface area contributed by atoms with Crippen LogP contribution < -0.4 is 0 Å². The molecule has 2 aromatic rings. The van der Waals surface area contributed by atoms with Crippen LogP contribution >= 0.6 is 0 Å². The summed E-state index contributed by atoms with van der Waals surface area (Å²) in [6.07, 6.45) is 3.21. The van der Waals surface area contributed by atoms with E-state index in [0.29, 0.717) is 11.1 Å². The van der Waals surface area contributed by atoms with E-state index in [0.717, 1.165) is 5.56 Å². The van der Waals surface area contributed by atoms with Crippen LogP contribution in [0.25, 0.3) is 0 Å². The number of benzene rings is 1. The first-order chi connectivity index (χ1) is 11.2. The van der Waals surface area contributed by atoms with E-state index < -0.39 is 21.0 Å². The fraction of sp³-hybridized carbons (Fsp3) is 0.312. The average molecular weight is 349 g/mol. The molecule has 0 saturated heterocycles. The van der Waals surface area contributed by atoms with Gasteiger partial charge >= 0.3 is 0 Å². The number of nitrogens with zero attached hydrogens (tertiary/aromatic N) is 3. The molecule has 0 aliphatic rings. The molecule has 1 heterocycles. The number of aryl methyl sites for hydroxylation is 2. The molecule has 0 radical (unpaired) electrons. The summed E-state index contributed by atoms with van der Waals surface area (Å²) >= 11 is 0. The Morgan fingerprint density at radius 2 is 1.67 bits per heavy atom. The number of nitro groups is 1. The van der Waals surface area contributed by atoms with Gasteiger partial charge in [-0.1, -0.05) is 0 Å². The van der Waals surface area contributed by atoms with Gasteiger partial charge in [0, 0.05) is 37.6 Å². The number of rotatable bonds is 5. The SMILES string of the molecule is Cc1cc([N+](=O)[O-])cc(C)c1S(=O)(=O)N(C)[C@@H](C)c1ccncc1. The van der Waals surface area contributed by atoms with E-state index in [-0.39, 0.29) is 10.6 Å². The fourth-order valence-electron chi connectivity index (χ4n) is 2.64. The first kappa shape index (κ1) is 18.0. The lowest BCUT2D eigenvalue weighted by atomic mass is 10.1. The molecule has 2 rings (SSSR count). The van der Waals surface area contributed by atoms with Crippen molar-refractivity contribution in [1.82, 2.24) is 9.29 Å². The highest BCUT2D eigenvalue weighted by Crippen LogP contribution is 2.31. The zero-order chi connectivity index (χ0) is 18.1. The average Bonchev–Trinajstić information content (AvgIpc) is 2.53. The predicted octanol–water partition coefficient (Wildman–Crippen LogP) is 2.99. The zero-order valence-corrected chi connectivity index (χ0v) is 14.7. The molecule has 0 amide bonds. The van der Waals surface area contributed by atoms with Crippen LogP contribution in [-0.2, 0) is 10.0 Å². The Bertz CT molecular complexity index is 843. The van der Waals surface area contributed by atoms with Gasteiger partial charge in [0.2, 0.25) is 10.0 Å². The molecule has 7 nitrogen and oxygen atoms in total. The number of hydrogen-bond acceptors (Lipinski definition) is 5. The van der Waals surface area contributed by atoms with Crippen molar-refractivity contribution in [1.29, 1.82) is 0 Å². The van der Waals surface area contributed by atoms with E-state index in [4.69, 9.17) is 0 Å². The Morgan fingerprint density at radius 3 is 2.12 bits per heavy atom. The van der Waals surface area contributed by atoms with Crippen LogP contribution in [0.2, 0.25) is 0 Å². The Kier molecular flexibility index (Phi) is 5.00. The van der Waals surface area contributed by atoms with Gasteiger partial charge in [-0.2, -0.15) is 4.31 Å². The summed E-state index contributed by atoms with van der Waals surface area (Å²) in [5, 5.41) is 10.9. The highest BCUT2D eigenvalue weighted by Gasteiger charge is 2.30. The highest BCUT2D eigenvalue weighted by atomic mass is 32.2. The minimum Gasteiger partial charge on any atom is -0.265 e. The van der Waals surface area contributed by atoms with Crippen LogP contribution in [0.3, 0.4) is 0 Å². The standard InChI is InChI=1S/C16H19N3O4S/c1-11-9-15(19(20)21)10-12(2)16(11)24(22,23)18(4)13(3)14-5-7-17-8-6-14/h5-10,13H,1-4H3/t13-/m0/s1. The minimum absolute atomic E-state index is 0.108. The second kappa shape index (κ2) is 6.66. The van der Waals surface area contributed by atoms with Gasteiger partial charge in [0.05, 0.1) is 9.82 Å². The number of hydrogen-bond donors (Lipinski definition) is 0. The molecule has 0 unspecified atom stereocenters. The lowest BCUT2D eigenvalue weighted by Gasteiger charge is -2.26. The maximum atomic E-state index is 13.0. The molecular weight excluding hydrogens is 330 g/mol. The van der Waals surface area contributed by atoms with Gasteiger partial charge in [-0.05, 0) is 49.6 Å². The third-order valence-corrected chi connectivity index (χ3v) is 6.26. The third-order valence-electron chi connectivity index (χ3n) is 4.03. The van der Waals surface area contributed by atoms with Crippen molar-refractivity contribution in [3.63, 3.8) is 0 Å². The molecule has 8 heteroatoms. The van der Waals surface area contributed by atoms with Crippen molar-refractivity contribution in [3.8, 4) is 0 Å². The second-order valence-corrected chi connectivity index (χ2v) is 7.58. The van der Waals surface area contributed by atoms with E-state index in [2.05, 4.69) is 4.98 Å². The number of nitro benzene ring substituents is 1. The lowest BCUT2D eigenvalue weighted by Crippen LogP contribution is -2.31. The monoisotopic (exact) mass is 349 g/mol. The first-order valence-electron chi connectivity index (χ1n) is 7.30. The minimum atomic E-state index is -3.80. The number of aromatic nitrogens is 1. The molecule has 0 aliphatic heterocycles. The van der Waals surface area contributed by atoms with Gasteiger partial charge in [0.15, 0.2) is 0 Å². The van der Waals surface area contributed by atoms with Gasteiger partial charge in [-0.15, -0.1) is 0 Å². The van der Waals surface area contributed by atoms with Gasteiger partial charge in [-0.25, -0.2) is 8.42 Å². The molecular formula is C16H19N3O4S. The van der Waals surface area contributed by atoms with Crippen molar-refractivity contribution >= 4 is 15.7 Å². The molecule has 24 heavy (non-hydrogen) atoms. The molecule has 0 N–H and O–H groups in total. The topological polar surface area (TPSA) is 93.4 Å². The van der Waals surface area contributed by atoms with Crippen LogP contribution in [0.5, 0.6) is 0 Å². The summed E-state index contributed by atoms with van der Waals surface area (Å²) in [6.45, 7) is 4.92. The Labute approximate surface area is 141 Å². The van der Waals surface area contributed by atoms with Crippen LogP contribution in [0.4, 0.5) is 5.69 Å². The summed E-state index contributed by atoms with van der Waals surface area (Å²) in [5.41, 5.74) is 1.41. The van der Waals surface area contributed by atoms with Gasteiger partial charge in [0.1, 0.15) is 0 Å². The fourth-order valence-corrected chi connectivity index (χ4v) is 4.40. The van der Waals surface area contributed by atoms with Gasteiger partial charge in [0.25, 0.3) is 5.69 Å². The van der Waals surface area contributed by atoms with E-state index >= 15 is 0 Å². The Balaban J connectivity index is 2.49. The van der Waals surface area contributed by atoms with Crippen molar-refractivity contribution in [3.05, 3.63) is 63.5 Å². The van der Waals surface area contributed by atoms with Crippen molar-refractivity contribution in [2.75, 3.05) is 7.05 Å². The molecule has 0 bridgehead atoms. The largest absolute Gasteiger partial charge is 0.270 e. The first-order valence-corrected chi connectivity index (χ1v) is 8.74. The summed E-state index contributed by atoms with van der Waals surface area (Å²) in [4.78, 5) is 14.4. The molecule has 0 spiro atoms. The summed E-state index contributed by atoms with van der Waals surface area (Å²) in [7, 11) is -2.30. The van der Waals surface area contributed by atoms with Crippen molar-refractivity contribution < 1.29 is 13.3 Å². The van der Waals surface area contributed by atoms with Crippen molar-refractivity contribution in [2.45, 2.75) is 31.7 Å². The van der Waals surface area contributed by atoms with Crippen LogP contribution in [-0.4, -0.2) is 29.7 Å². The Hall–Kier alpha value is -2.32. The highest BCUT2D eigenvalue weighted by molar-refractivity contribution is 7.89. The second-order valence-electron chi connectivity index (χ2n) is 5.64. The van der Waals surface area contributed by atoms with Crippen molar-refractivity contribution in [2.24, 2.45) is 0 Å². The van der Waals surface area contributed by atoms with Crippen LogP contribution in [0, 0.1) is 24.0 Å². The number of pyridine rings is 1.